The summed E-state index contributed by atoms with van der Waals surface area (Å²) in [5.74, 6) is 0.314. The van der Waals surface area contributed by atoms with E-state index in [1.807, 2.05) is 18.2 Å². The molecule has 0 saturated heterocycles. The highest BCUT2D eigenvalue weighted by molar-refractivity contribution is 5.75. The Bertz CT molecular complexity index is 509. The van der Waals surface area contributed by atoms with E-state index in [1.54, 1.807) is 0 Å². The molecule has 0 aromatic heterocycles. The van der Waals surface area contributed by atoms with Crippen LogP contribution in [0.1, 0.15) is 37.7 Å². The van der Waals surface area contributed by atoms with Crippen LogP contribution in [-0.4, -0.2) is 35.7 Å². The molecule has 0 unspecified atom stereocenters. The number of carboxylic acids is 1. The molecule has 4 heteroatoms. The van der Waals surface area contributed by atoms with E-state index in [2.05, 4.69) is 11.0 Å². The molecule has 1 aromatic rings. The molecule has 0 atom stereocenters. The van der Waals surface area contributed by atoms with Crippen molar-refractivity contribution in [2.45, 2.75) is 38.6 Å². The van der Waals surface area contributed by atoms with Crippen LogP contribution in [0.5, 0.6) is 5.75 Å². The zero-order chi connectivity index (χ0) is 14.7. The highest BCUT2D eigenvalue weighted by atomic mass is 16.5. The number of benzene rings is 1. The Labute approximate surface area is 125 Å². The molecule has 0 bridgehead atoms. The summed E-state index contributed by atoms with van der Waals surface area (Å²) < 4.78 is 5.77. The van der Waals surface area contributed by atoms with Crippen molar-refractivity contribution < 1.29 is 14.6 Å². The van der Waals surface area contributed by atoms with Gasteiger partial charge in [0.05, 0.1) is 5.41 Å². The lowest BCUT2D eigenvalue weighted by atomic mass is 9.73. The number of hydrogen-bond donors (Lipinski definition) is 1. The highest BCUT2D eigenvalue weighted by Gasteiger charge is 2.41. The third-order valence-electron chi connectivity index (χ3n) is 4.82. The second-order valence-electron chi connectivity index (χ2n) is 6.31. The number of carboxylic acid groups (broad SMARTS) is 1. The lowest BCUT2D eigenvalue weighted by Gasteiger charge is -2.37. The minimum absolute atomic E-state index is 0.558. The lowest BCUT2D eigenvalue weighted by Crippen LogP contribution is -2.44. The summed E-state index contributed by atoms with van der Waals surface area (Å²) in [6.07, 6.45) is 4.85. The van der Waals surface area contributed by atoms with Gasteiger partial charge in [0, 0.05) is 25.2 Å². The summed E-state index contributed by atoms with van der Waals surface area (Å²) in [7, 11) is 0. The molecule has 1 aliphatic carbocycles. The Morgan fingerprint density at radius 1 is 1.24 bits per heavy atom. The standard InChI is InChI=1S/C17H23NO3/c19-16(20)17(8-4-1-5-9-17)13-18-10-11-21-15-7-3-2-6-14(15)12-18/h2-3,6-7H,1,4-5,8-13H2,(H,19,20). The summed E-state index contributed by atoms with van der Waals surface area (Å²) in [5.41, 5.74) is 0.601. The van der Waals surface area contributed by atoms with E-state index in [1.165, 1.54) is 6.42 Å². The van der Waals surface area contributed by atoms with Crippen molar-refractivity contribution in [3.8, 4) is 5.75 Å². The molecule has 114 valence electrons. The first-order chi connectivity index (χ1) is 10.2. The van der Waals surface area contributed by atoms with Gasteiger partial charge in [-0.05, 0) is 18.9 Å². The number of carbonyl (C=O) groups is 1. The Hall–Kier alpha value is -1.55. The van der Waals surface area contributed by atoms with E-state index in [-0.39, 0.29) is 0 Å². The maximum atomic E-state index is 11.8. The van der Waals surface area contributed by atoms with Crippen LogP contribution in [0.4, 0.5) is 0 Å². The number of rotatable bonds is 3. The van der Waals surface area contributed by atoms with Crippen molar-refractivity contribution in [1.29, 1.82) is 0 Å². The van der Waals surface area contributed by atoms with Crippen LogP contribution in [0.3, 0.4) is 0 Å². The maximum Gasteiger partial charge on any atom is 0.310 e. The number of hydrogen-bond acceptors (Lipinski definition) is 3. The molecular weight excluding hydrogens is 266 g/mol. The molecule has 1 aromatic carbocycles. The van der Waals surface area contributed by atoms with E-state index in [0.717, 1.165) is 50.1 Å². The third kappa shape index (κ3) is 3.05. The summed E-state index contributed by atoms with van der Waals surface area (Å²) in [6.45, 7) is 2.85. The van der Waals surface area contributed by atoms with Crippen molar-refractivity contribution in [3.05, 3.63) is 29.8 Å². The molecule has 0 spiro atoms. The topological polar surface area (TPSA) is 49.8 Å². The van der Waals surface area contributed by atoms with Crippen molar-refractivity contribution in [2.75, 3.05) is 19.7 Å². The summed E-state index contributed by atoms with van der Waals surface area (Å²) >= 11 is 0. The minimum Gasteiger partial charge on any atom is -0.492 e. The Morgan fingerprint density at radius 2 is 2.00 bits per heavy atom. The summed E-state index contributed by atoms with van der Waals surface area (Å²) in [4.78, 5) is 14.1. The van der Waals surface area contributed by atoms with Crippen LogP contribution in [0.15, 0.2) is 24.3 Å². The Balaban J connectivity index is 1.76. The number of nitrogens with zero attached hydrogens (tertiary/aromatic N) is 1. The van der Waals surface area contributed by atoms with Gasteiger partial charge in [-0.1, -0.05) is 37.5 Å². The fourth-order valence-corrected chi connectivity index (χ4v) is 3.61. The van der Waals surface area contributed by atoms with Gasteiger partial charge < -0.3 is 9.84 Å². The number of fused-ring (bicyclic) bond motifs is 1. The number of aliphatic carboxylic acids is 1. The van der Waals surface area contributed by atoms with Crippen molar-refractivity contribution >= 4 is 5.97 Å². The van der Waals surface area contributed by atoms with Crippen molar-refractivity contribution in [3.63, 3.8) is 0 Å². The van der Waals surface area contributed by atoms with Crippen LogP contribution in [0.2, 0.25) is 0 Å². The highest BCUT2D eigenvalue weighted by Crippen LogP contribution is 2.38. The van der Waals surface area contributed by atoms with Crippen molar-refractivity contribution in [2.24, 2.45) is 5.41 Å². The van der Waals surface area contributed by atoms with Crippen LogP contribution in [0.25, 0.3) is 0 Å². The quantitative estimate of drug-likeness (QED) is 0.929. The fraction of sp³-hybridized carbons (Fsp3) is 0.588. The SMILES string of the molecule is O=C(O)C1(CN2CCOc3ccccc3C2)CCCCC1. The molecule has 3 rings (SSSR count). The average molecular weight is 289 g/mol. The van der Waals surface area contributed by atoms with Gasteiger partial charge in [0.25, 0.3) is 0 Å². The molecule has 4 nitrogen and oxygen atoms in total. The van der Waals surface area contributed by atoms with Crippen molar-refractivity contribution in [1.82, 2.24) is 4.90 Å². The van der Waals surface area contributed by atoms with Gasteiger partial charge in [-0.3, -0.25) is 9.69 Å². The summed E-state index contributed by atoms with van der Waals surface area (Å²) in [6, 6.07) is 8.06. The molecule has 1 fully saturated rings. The molecule has 0 amide bonds. The van der Waals surface area contributed by atoms with E-state index >= 15 is 0 Å². The monoisotopic (exact) mass is 289 g/mol. The largest absolute Gasteiger partial charge is 0.492 e. The normalized spacial score (nSPS) is 21.9. The average Bonchev–Trinajstić information content (AvgIpc) is 2.69. The predicted octanol–water partition coefficient (Wildman–Crippen LogP) is 2.92. The van der Waals surface area contributed by atoms with E-state index in [4.69, 9.17) is 4.74 Å². The third-order valence-corrected chi connectivity index (χ3v) is 4.82. The van der Waals surface area contributed by atoms with Crippen LogP contribution >= 0.6 is 0 Å². The van der Waals surface area contributed by atoms with Gasteiger partial charge in [-0.25, -0.2) is 0 Å². The van der Waals surface area contributed by atoms with E-state index in [9.17, 15) is 9.90 Å². The van der Waals surface area contributed by atoms with Gasteiger partial charge in [-0.2, -0.15) is 0 Å². The number of para-hydroxylation sites is 1. The van der Waals surface area contributed by atoms with E-state index in [0.29, 0.717) is 13.2 Å². The second kappa shape index (κ2) is 6.06. The molecule has 1 aliphatic heterocycles. The Morgan fingerprint density at radius 3 is 2.76 bits per heavy atom. The first-order valence-electron chi connectivity index (χ1n) is 7.86. The molecule has 0 radical (unpaired) electrons. The smallest absolute Gasteiger partial charge is 0.310 e. The van der Waals surface area contributed by atoms with Gasteiger partial charge in [0.2, 0.25) is 0 Å². The van der Waals surface area contributed by atoms with E-state index < -0.39 is 11.4 Å². The molecule has 21 heavy (non-hydrogen) atoms. The molecule has 2 aliphatic rings. The zero-order valence-electron chi connectivity index (χ0n) is 12.4. The van der Waals surface area contributed by atoms with Gasteiger partial charge in [-0.15, -0.1) is 0 Å². The first-order valence-corrected chi connectivity index (χ1v) is 7.86. The molecule has 1 saturated carbocycles. The minimum atomic E-state index is -0.624. The fourth-order valence-electron chi connectivity index (χ4n) is 3.61. The molecule has 1 N–H and O–H groups in total. The second-order valence-corrected chi connectivity index (χ2v) is 6.31. The van der Waals surface area contributed by atoms with Gasteiger partial charge >= 0.3 is 5.97 Å². The zero-order valence-corrected chi connectivity index (χ0v) is 12.4. The Kier molecular flexibility index (Phi) is 4.15. The maximum absolute atomic E-state index is 11.8. The van der Waals surface area contributed by atoms with Crippen LogP contribution in [0, 0.1) is 5.41 Å². The molecule has 1 heterocycles. The van der Waals surface area contributed by atoms with Gasteiger partial charge in [0.15, 0.2) is 0 Å². The lowest BCUT2D eigenvalue weighted by molar-refractivity contribution is -0.152. The number of ether oxygens (including phenoxy) is 1. The van der Waals surface area contributed by atoms with Crippen LogP contribution < -0.4 is 4.74 Å². The van der Waals surface area contributed by atoms with Crippen LogP contribution in [-0.2, 0) is 11.3 Å². The molecular formula is C17H23NO3. The summed E-state index contributed by atoms with van der Waals surface area (Å²) in [5, 5.41) is 9.73. The van der Waals surface area contributed by atoms with Gasteiger partial charge in [0.1, 0.15) is 12.4 Å². The predicted molar refractivity (Wildman–Crippen MR) is 80.4 cm³/mol. The first kappa shape index (κ1) is 14.4.